The molecule has 0 aliphatic carbocycles. The summed E-state index contributed by atoms with van der Waals surface area (Å²) in [5, 5.41) is 0. The SMILES string of the molecule is CCCCCCCN(CCCCCC(=O)OCC(CCCCC)CCCCC)C(=O)OCCN(CCCN(C)C)CCOC(=O)N(CCCCCCC)CCCCCC(=O)OCC(CCCCC)CCCCC. The first-order valence-electron chi connectivity index (χ1n) is 31.1. The molecule has 0 bridgehead atoms. The Balaban J connectivity index is 5.25. The second-order valence-electron chi connectivity index (χ2n) is 21.7. The van der Waals surface area contributed by atoms with E-state index in [1.54, 1.807) is 0 Å². The lowest BCUT2D eigenvalue weighted by atomic mass is 9.96. The molecule has 0 N–H and O–H groups in total. The van der Waals surface area contributed by atoms with E-state index in [-0.39, 0.29) is 37.3 Å². The molecule has 12 nitrogen and oxygen atoms in total. The molecule has 0 rings (SSSR count). The Morgan fingerprint density at radius 2 is 0.644 bits per heavy atom. The van der Waals surface area contributed by atoms with Gasteiger partial charge >= 0.3 is 24.1 Å². The van der Waals surface area contributed by atoms with Gasteiger partial charge < -0.3 is 33.6 Å². The Kier molecular flexibility index (Phi) is 50.9. The number of esters is 2. The molecular formula is C61H120N4O8. The quantitative estimate of drug-likeness (QED) is 0.0331. The monoisotopic (exact) mass is 1040 g/mol. The van der Waals surface area contributed by atoms with Gasteiger partial charge in [-0.15, -0.1) is 0 Å². The Morgan fingerprint density at radius 1 is 0.329 bits per heavy atom. The lowest BCUT2D eigenvalue weighted by Crippen LogP contribution is -2.38. The average molecular weight is 1040 g/mol. The molecule has 0 radical (unpaired) electrons. The van der Waals surface area contributed by atoms with Gasteiger partial charge in [0.2, 0.25) is 0 Å². The molecule has 0 fully saturated rings. The number of hydrogen-bond acceptors (Lipinski definition) is 10. The van der Waals surface area contributed by atoms with Crippen molar-refractivity contribution in [2.45, 2.75) is 266 Å². The Labute approximate surface area is 451 Å². The van der Waals surface area contributed by atoms with Gasteiger partial charge in [0.1, 0.15) is 13.2 Å². The first-order chi connectivity index (χ1) is 35.5. The van der Waals surface area contributed by atoms with Gasteiger partial charge in [0.05, 0.1) is 13.2 Å². The predicted octanol–water partition coefficient (Wildman–Crippen LogP) is 15.8. The maximum absolute atomic E-state index is 13.6. The van der Waals surface area contributed by atoms with Gasteiger partial charge in [-0.05, 0) is 110 Å². The molecule has 0 aliphatic rings. The summed E-state index contributed by atoms with van der Waals surface area (Å²) in [4.78, 5) is 60.7. The van der Waals surface area contributed by atoms with Crippen LogP contribution in [0.3, 0.4) is 0 Å². The number of amides is 2. The molecule has 0 saturated heterocycles. The maximum Gasteiger partial charge on any atom is 0.409 e. The largest absolute Gasteiger partial charge is 0.465 e. The summed E-state index contributed by atoms with van der Waals surface area (Å²) in [6.07, 6.45) is 36.4. The Bertz CT molecular complexity index is 1150. The Morgan fingerprint density at radius 3 is 0.973 bits per heavy atom. The summed E-state index contributed by atoms with van der Waals surface area (Å²) in [5.41, 5.74) is 0. The van der Waals surface area contributed by atoms with Crippen molar-refractivity contribution in [3.8, 4) is 0 Å². The van der Waals surface area contributed by atoms with Crippen molar-refractivity contribution in [1.29, 1.82) is 0 Å². The fourth-order valence-electron chi connectivity index (χ4n) is 9.47. The number of unbranched alkanes of at least 4 members (excludes halogenated alkanes) is 20. The van der Waals surface area contributed by atoms with E-state index in [9.17, 15) is 19.2 Å². The van der Waals surface area contributed by atoms with Crippen LogP contribution in [0.1, 0.15) is 266 Å². The van der Waals surface area contributed by atoms with E-state index in [0.29, 0.717) is 77.2 Å². The van der Waals surface area contributed by atoms with Crippen molar-refractivity contribution in [2.24, 2.45) is 11.8 Å². The smallest absolute Gasteiger partial charge is 0.409 e. The van der Waals surface area contributed by atoms with E-state index in [1.807, 2.05) is 9.80 Å². The third kappa shape index (κ3) is 45.3. The number of nitrogens with zero attached hydrogens (tertiary/aromatic N) is 4. The minimum atomic E-state index is -0.275. The molecule has 0 aromatic rings. The molecule has 0 saturated carbocycles. The molecule has 0 atom stereocenters. The van der Waals surface area contributed by atoms with E-state index in [4.69, 9.17) is 18.9 Å². The van der Waals surface area contributed by atoms with E-state index in [1.165, 1.54) is 116 Å². The third-order valence-electron chi connectivity index (χ3n) is 14.4. The fraction of sp³-hybridized carbons (Fsp3) is 0.934. The number of rotatable bonds is 54. The fourth-order valence-corrected chi connectivity index (χ4v) is 9.47. The van der Waals surface area contributed by atoms with Crippen LogP contribution >= 0.6 is 0 Å². The molecule has 0 unspecified atom stereocenters. The van der Waals surface area contributed by atoms with Crippen LogP contribution in [0.4, 0.5) is 9.59 Å². The highest BCUT2D eigenvalue weighted by molar-refractivity contribution is 5.70. The average Bonchev–Trinajstić information content (AvgIpc) is 3.37. The standard InChI is InChI=1S/C61H120N4O8/c1-9-15-21-23-33-46-64(48-35-25-31-42-58(66)72-54-56(38-27-17-11-3)39-28-18-12-4)60(68)70-52-50-63(45-37-44-62(7)8)51-53-71-61(69)65(47-34-24-22-16-10-2)49-36-26-32-43-59(67)73-55-57(40-29-19-13-5)41-30-20-14-6/h56-57H,9-55H2,1-8H3. The van der Waals surface area contributed by atoms with Crippen LogP contribution in [-0.4, -0.2) is 137 Å². The second-order valence-corrected chi connectivity index (χ2v) is 21.7. The lowest BCUT2D eigenvalue weighted by Gasteiger charge is -2.26. The van der Waals surface area contributed by atoms with Gasteiger partial charge in [-0.1, -0.05) is 183 Å². The first-order valence-corrected chi connectivity index (χ1v) is 31.1. The summed E-state index contributed by atoms with van der Waals surface area (Å²) < 4.78 is 23.5. The molecule has 0 aromatic carbocycles. The molecule has 0 aromatic heterocycles. The highest BCUT2D eigenvalue weighted by Crippen LogP contribution is 2.21. The Hall–Kier alpha value is -2.60. The number of carbonyl (C=O) groups excluding carboxylic acids is 4. The number of ether oxygens (including phenoxy) is 4. The van der Waals surface area contributed by atoms with Crippen LogP contribution in [-0.2, 0) is 28.5 Å². The predicted molar refractivity (Wildman–Crippen MR) is 305 cm³/mol. The minimum Gasteiger partial charge on any atom is -0.465 e. The van der Waals surface area contributed by atoms with Gasteiger partial charge in [-0.25, -0.2) is 9.59 Å². The van der Waals surface area contributed by atoms with Crippen LogP contribution in [0.2, 0.25) is 0 Å². The minimum absolute atomic E-state index is 0.0975. The van der Waals surface area contributed by atoms with Crippen LogP contribution in [0.5, 0.6) is 0 Å². The summed E-state index contributed by atoms with van der Waals surface area (Å²) in [6.45, 7) is 20.4. The van der Waals surface area contributed by atoms with E-state index >= 15 is 0 Å². The summed E-state index contributed by atoms with van der Waals surface area (Å²) in [7, 11) is 4.14. The molecule has 432 valence electrons. The van der Waals surface area contributed by atoms with Gasteiger partial charge in [-0.3, -0.25) is 14.5 Å². The zero-order valence-electron chi connectivity index (χ0n) is 49.4. The van der Waals surface area contributed by atoms with Crippen molar-refractivity contribution >= 4 is 24.1 Å². The normalized spacial score (nSPS) is 11.6. The molecule has 0 heterocycles. The lowest BCUT2D eigenvalue weighted by molar-refractivity contribution is -0.146. The molecule has 0 aliphatic heterocycles. The topological polar surface area (TPSA) is 118 Å². The molecule has 0 spiro atoms. The van der Waals surface area contributed by atoms with Gasteiger partial charge in [0.15, 0.2) is 0 Å². The number of carbonyl (C=O) groups is 4. The van der Waals surface area contributed by atoms with Crippen molar-refractivity contribution in [3.05, 3.63) is 0 Å². The van der Waals surface area contributed by atoms with E-state index < -0.39 is 0 Å². The molecular weight excluding hydrogens is 917 g/mol. The third-order valence-corrected chi connectivity index (χ3v) is 14.4. The summed E-state index contributed by atoms with van der Waals surface area (Å²) >= 11 is 0. The zero-order valence-corrected chi connectivity index (χ0v) is 49.4. The van der Waals surface area contributed by atoms with Gasteiger partial charge in [0.25, 0.3) is 0 Å². The van der Waals surface area contributed by atoms with Crippen molar-refractivity contribution < 1.29 is 38.1 Å². The second kappa shape index (κ2) is 52.8. The molecule has 2 amide bonds. The van der Waals surface area contributed by atoms with Crippen LogP contribution in [0.15, 0.2) is 0 Å². The first kappa shape index (κ1) is 70.4. The van der Waals surface area contributed by atoms with E-state index in [0.717, 1.165) is 109 Å². The highest BCUT2D eigenvalue weighted by Gasteiger charge is 2.19. The maximum atomic E-state index is 13.6. The summed E-state index contributed by atoms with van der Waals surface area (Å²) in [5.74, 6) is 0.737. The van der Waals surface area contributed by atoms with E-state index in [2.05, 4.69) is 65.4 Å². The molecule has 73 heavy (non-hydrogen) atoms. The zero-order chi connectivity index (χ0) is 53.8. The molecule has 12 heteroatoms. The van der Waals surface area contributed by atoms with Gasteiger partial charge in [0, 0.05) is 52.1 Å². The van der Waals surface area contributed by atoms with Crippen LogP contribution in [0, 0.1) is 11.8 Å². The van der Waals surface area contributed by atoms with Gasteiger partial charge in [-0.2, -0.15) is 0 Å². The highest BCUT2D eigenvalue weighted by atomic mass is 16.6. The van der Waals surface area contributed by atoms with Crippen molar-refractivity contribution in [2.75, 3.05) is 92.9 Å². The van der Waals surface area contributed by atoms with Crippen LogP contribution < -0.4 is 0 Å². The van der Waals surface area contributed by atoms with Crippen molar-refractivity contribution in [3.63, 3.8) is 0 Å². The summed E-state index contributed by atoms with van der Waals surface area (Å²) in [6, 6.07) is 0. The van der Waals surface area contributed by atoms with Crippen LogP contribution in [0.25, 0.3) is 0 Å². The van der Waals surface area contributed by atoms with Crippen molar-refractivity contribution in [1.82, 2.24) is 19.6 Å². The number of hydrogen-bond donors (Lipinski definition) is 0.